The number of hydrogen-bond acceptors (Lipinski definition) is 9. The van der Waals surface area contributed by atoms with Crippen molar-refractivity contribution in [2.24, 2.45) is 0 Å². The van der Waals surface area contributed by atoms with Crippen molar-refractivity contribution in [3.8, 4) is 0 Å². The molecule has 320 valence electrons. The first kappa shape index (κ1) is 53.1. The zero-order valence-electron chi connectivity index (χ0n) is 34.6. The van der Waals surface area contributed by atoms with Crippen LogP contribution in [0.5, 0.6) is 0 Å². The molecule has 0 spiro atoms. The molecule has 0 heterocycles. The number of ether oxygens (including phenoxy) is 2. The smallest absolute Gasteiger partial charge is 0.462 e. The number of phosphoric ester groups is 1. The van der Waals surface area contributed by atoms with Crippen LogP contribution in [0.1, 0.15) is 149 Å². The first-order valence-electron chi connectivity index (χ1n) is 21.0. The van der Waals surface area contributed by atoms with E-state index in [-0.39, 0.29) is 19.4 Å². The van der Waals surface area contributed by atoms with Gasteiger partial charge < -0.3 is 24.6 Å². The molecule has 0 saturated carbocycles. The van der Waals surface area contributed by atoms with Gasteiger partial charge in [-0.25, -0.2) is 4.57 Å². The fraction of sp³-hybridized carbons (Fsp3) is 0.644. The molecule has 0 aliphatic heterocycles. The zero-order chi connectivity index (χ0) is 41.2. The molecule has 0 aliphatic carbocycles. The summed E-state index contributed by atoms with van der Waals surface area (Å²) in [4.78, 5) is 34.9. The third-order valence-corrected chi connectivity index (χ3v) is 9.24. The van der Waals surface area contributed by atoms with Crippen LogP contribution in [0, 0.1) is 0 Å². The maximum absolute atomic E-state index is 12.6. The molecule has 0 aliphatic rings. The first-order chi connectivity index (χ1) is 27.2. The Morgan fingerprint density at radius 2 is 0.982 bits per heavy atom. The Kier molecular flexibility index (Phi) is 38.3. The standard InChI is InChI=1S/C45H75O10P/c1-3-5-7-9-11-13-15-17-19-20-21-22-23-25-26-28-30-32-34-36-44(48)52-40-43(41-54-56(50,51)53-39-42(47)38-46)55-45(49)37-35-33-31-29-27-24-18-16-14-12-10-8-6-4-2/h10-13,16-19,21-22,25-26,30,32,42-43,46-47H,3-9,14-15,20,23-24,27-29,31,33-41H2,1-2H3,(H,50,51)/b12-10+,13-11+,18-16+,19-17+,22-21+,26-25+,32-30+/t42-,43+/m1/s1. The number of hydrogen-bond donors (Lipinski definition) is 3. The van der Waals surface area contributed by atoms with Crippen LogP contribution in [0.3, 0.4) is 0 Å². The third kappa shape index (κ3) is 39.4. The van der Waals surface area contributed by atoms with Crippen molar-refractivity contribution >= 4 is 19.8 Å². The van der Waals surface area contributed by atoms with Crippen molar-refractivity contribution in [3.05, 3.63) is 85.1 Å². The van der Waals surface area contributed by atoms with Crippen LogP contribution in [0.4, 0.5) is 0 Å². The second kappa shape index (κ2) is 40.4. The van der Waals surface area contributed by atoms with Gasteiger partial charge in [-0.15, -0.1) is 0 Å². The molecule has 56 heavy (non-hydrogen) atoms. The first-order valence-corrected chi connectivity index (χ1v) is 22.5. The summed E-state index contributed by atoms with van der Waals surface area (Å²) in [6, 6.07) is 0. The van der Waals surface area contributed by atoms with E-state index in [1.165, 1.54) is 38.5 Å². The van der Waals surface area contributed by atoms with Gasteiger partial charge in [0.05, 0.1) is 19.8 Å². The summed E-state index contributed by atoms with van der Waals surface area (Å²) in [7, 11) is -4.64. The second-order valence-electron chi connectivity index (χ2n) is 13.7. The largest absolute Gasteiger partial charge is 0.472 e. The van der Waals surface area contributed by atoms with Gasteiger partial charge in [0, 0.05) is 12.8 Å². The predicted octanol–water partition coefficient (Wildman–Crippen LogP) is 11.1. The summed E-state index contributed by atoms with van der Waals surface area (Å²) < 4.78 is 32.6. The van der Waals surface area contributed by atoms with Gasteiger partial charge in [-0.1, -0.05) is 144 Å². The lowest BCUT2D eigenvalue weighted by atomic mass is 10.1. The summed E-state index contributed by atoms with van der Waals surface area (Å²) in [5.74, 6) is -1.05. The number of carbonyl (C=O) groups is 2. The van der Waals surface area contributed by atoms with Gasteiger partial charge in [0.2, 0.25) is 0 Å². The van der Waals surface area contributed by atoms with Gasteiger partial charge in [-0.2, -0.15) is 0 Å². The summed E-state index contributed by atoms with van der Waals surface area (Å²) in [6.45, 7) is 2.18. The molecule has 0 fully saturated rings. The SMILES string of the molecule is CCCC/C=C/C/C=C/CCCCCCCC(=O)O[C@@H](COC(=O)CC/C=C/C/C=C/C/C=C/C/C=C/C/C=C/CCCCC)COP(=O)(O)OC[C@H](O)CO. The van der Waals surface area contributed by atoms with Gasteiger partial charge in [0.1, 0.15) is 12.7 Å². The molecule has 0 radical (unpaired) electrons. The van der Waals surface area contributed by atoms with Crippen molar-refractivity contribution in [2.45, 2.75) is 161 Å². The molecule has 0 aromatic heterocycles. The van der Waals surface area contributed by atoms with Crippen LogP contribution >= 0.6 is 7.82 Å². The molecule has 0 saturated heterocycles. The van der Waals surface area contributed by atoms with Gasteiger partial charge in [0.25, 0.3) is 0 Å². The van der Waals surface area contributed by atoms with Crippen LogP contribution in [-0.4, -0.2) is 65.7 Å². The lowest BCUT2D eigenvalue weighted by molar-refractivity contribution is -0.161. The molecule has 11 heteroatoms. The van der Waals surface area contributed by atoms with E-state index in [0.717, 1.165) is 70.6 Å². The fourth-order valence-corrected chi connectivity index (χ4v) is 5.78. The Balaban J connectivity index is 4.47. The van der Waals surface area contributed by atoms with E-state index in [0.29, 0.717) is 12.8 Å². The van der Waals surface area contributed by atoms with Crippen LogP contribution in [0.2, 0.25) is 0 Å². The van der Waals surface area contributed by atoms with E-state index in [9.17, 15) is 24.2 Å². The topological polar surface area (TPSA) is 149 Å². The van der Waals surface area contributed by atoms with E-state index in [4.69, 9.17) is 19.1 Å². The molecule has 10 nitrogen and oxygen atoms in total. The molecule has 1 unspecified atom stereocenters. The minimum atomic E-state index is -4.64. The van der Waals surface area contributed by atoms with E-state index < -0.39 is 51.8 Å². The minimum Gasteiger partial charge on any atom is -0.462 e. The van der Waals surface area contributed by atoms with Crippen molar-refractivity contribution in [1.82, 2.24) is 0 Å². The Morgan fingerprint density at radius 3 is 1.52 bits per heavy atom. The van der Waals surface area contributed by atoms with Gasteiger partial charge in [0.15, 0.2) is 6.10 Å². The second-order valence-corrected chi connectivity index (χ2v) is 15.1. The minimum absolute atomic E-state index is 0.110. The van der Waals surface area contributed by atoms with E-state index in [1.54, 1.807) is 0 Å². The van der Waals surface area contributed by atoms with Crippen LogP contribution in [0.15, 0.2) is 85.1 Å². The average molecular weight is 807 g/mol. The summed E-state index contributed by atoms with van der Waals surface area (Å²) >= 11 is 0. The van der Waals surface area contributed by atoms with Gasteiger partial charge in [-0.3, -0.25) is 18.6 Å². The summed E-state index contributed by atoms with van der Waals surface area (Å²) in [5.41, 5.74) is 0. The van der Waals surface area contributed by atoms with Crippen molar-refractivity contribution in [3.63, 3.8) is 0 Å². The summed E-state index contributed by atoms with van der Waals surface area (Å²) in [5, 5.41) is 18.3. The van der Waals surface area contributed by atoms with Crippen LogP contribution in [0.25, 0.3) is 0 Å². The normalized spacial score (nSPS) is 14.7. The fourth-order valence-electron chi connectivity index (χ4n) is 4.99. The van der Waals surface area contributed by atoms with E-state index in [2.05, 4.69) is 91.3 Å². The maximum atomic E-state index is 12.6. The number of esters is 2. The zero-order valence-corrected chi connectivity index (χ0v) is 35.5. The molecule has 0 bridgehead atoms. The molecule has 3 atom stereocenters. The molecule has 0 amide bonds. The van der Waals surface area contributed by atoms with Crippen LogP contribution in [-0.2, 0) is 32.7 Å². The van der Waals surface area contributed by atoms with Crippen LogP contribution < -0.4 is 0 Å². The Hall–Kier alpha value is -2.85. The third-order valence-electron chi connectivity index (χ3n) is 8.29. The highest BCUT2D eigenvalue weighted by atomic mass is 31.2. The number of aliphatic hydroxyl groups is 2. The van der Waals surface area contributed by atoms with E-state index in [1.807, 2.05) is 12.2 Å². The molecular formula is C45H75O10P. The Morgan fingerprint density at radius 1 is 0.536 bits per heavy atom. The number of phosphoric acid groups is 1. The molecule has 3 N–H and O–H groups in total. The van der Waals surface area contributed by atoms with Crippen molar-refractivity contribution < 1.29 is 47.8 Å². The highest BCUT2D eigenvalue weighted by Gasteiger charge is 2.27. The van der Waals surface area contributed by atoms with E-state index >= 15 is 0 Å². The molecule has 0 rings (SSSR count). The van der Waals surface area contributed by atoms with Crippen molar-refractivity contribution in [1.29, 1.82) is 0 Å². The predicted molar refractivity (Wildman–Crippen MR) is 228 cm³/mol. The number of unbranched alkanes of at least 4 members (excludes halogenated alkanes) is 10. The number of rotatable bonds is 38. The lowest BCUT2D eigenvalue weighted by Gasteiger charge is -2.20. The maximum Gasteiger partial charge on any atom is 0.472 e. The number of allylic oxidation sites excluding steroid dienone is 14. The van der Waals surface area contributed by atoms with Gasteiger partial charge >= 0.3 is 19.8 Å². The molecule has 0 aromatic rings. The Bertz CT molecular complexity index is 1200. The highest BCUT2D eigenvalue weighted by Crippen LogP contribution is 2.43. The quantitative estimate of drug-likeness (QED) is 0.0238. The summed E-state index contributed by atoms with van der Waals surface area (Å²) in [6.07, 6.45) is 47.0. The average Bonchev–Trinajstić information content (AvgIpc) is 3.19. The molecular weight excluding hydrogens is 731 g/mol. The Labute approximate surface area is 339 Å². The van der Waals surface area contributed by atoms with Gasteiger partial charge in [-0.05, 0) is 77.0 Å². The van der Waals surface area contributed by atoms with Crippen molar-refractivity contribution in [2.75, 3.05) is 26.4 Å². The lowest BCUT2D eigenvalue weighted by Crippen LogP contribution is -2.29. The highest BCUT2D eigenvalue weighted by molar-refractivity contribution is 7.47. The number of carbonyl (C=O) groups excluding carboxylic acids is 2. The monoisotopic (exact) mass is 807 g/mol. The molecule has 0 aromatic carbocycles. The number of aliphatic hydroxyl groups excluding tert-OH is 2.